The molecule has 0 fully saturated rings. The number of halogens is 1. The van der Waals surface area contributed by atoms with Gasteiger partial charge in [-0.2, -0.15) is 0 Å². The van der Waals surface area contributed by atoms with Gasteiger partial charge >= 0.3 is 5.63 Å². The van der Waals surface area contributed by atoms with Gasteiger partial charge in [-0.25, -0.2) is 9.78 Å². The summed E-state index contributed by atoms with van der Waals surface area (Å²) in [6.07, 6.45) is 0. The molecule has 0 aliphatic rings. The number of nitrogens with zero attached hydrogens (tertiary/aromatic N) is 1. The van der Waals surface area contributed by atoms with E-state index in [0.29, 0.717) is 16.1 Å². The Morgan fingerprint density at radius 1 is 1.19 bits per heavy atom. The van der Waals surface area contributed by atoms with Gasteiger partial charge in [0.2, 0.25) is 0 Å². The van der Waals surface area contributed by atoms with Gasteiger partial charge in [0.05, 0.1) is 10.2 Å². The fourth-order valence-electron chi connectivity index (χ4n) is 2.84. The molecule has 0 aliphatic heterocycles. The zero-order valence-electron chi connectivity index (χ0n) is 13.9. The number of rotatable bonds is 2. The first kappa shape index (κ1) is 16.9. The minimum absolute atomic E-state index is 0.0530. The maximum Gasteiger partial charge on any atom is 0.349 e. The van der Waals surface area contributed by atoms with Gasteiger partial charge in [-0.3, -0.25) is 10.1 Å². The van der Waals surface area contributed by atoms with Gasteiger partial charge in [0, 0.05) is 9.86 Å². The second-order valence-corrected chi connectivity index (χ2v) is 7.98. The van der Waals surface area contributed by atoms with Crippen LogP contribution in [0, 0.1) is 13.8 Å². The van der Waals surface area contributed by atoms with Crippen LogP contribution in [0.2, 0.25) is 0 Å². The number of nitrogens with one attached hydrogen (secondary N) is 1. The van der Waals surface area contributed by atoms with Crippen LogP contribution in [0.25, 0.3) is 21.2 Å². The number of carbonyl (C=O) groups is 1. The van der Waals surface area contributed by atoms with Crippen LogP contribution in [0.5, 0.6) is 0 Å². The largest absolute Gasteiger partial charge is 0.422 e. The molecule has 26 heavy (non-hydrogen) atoms. The van der Waals surface area contributed by atoms with Crippen LogP contribution in [0.3, 0.4) is 0 Å². The van der Waals surface area contributed by atoms with E-state index in [1.165, 1.54) is 17.4 Å². The Balaban J connectivity index is 1.72. The molecule has 0 radical (unpaired) electrons. The van der Waals surface area contributed by atoms with Gasteiger partial charge in [0.1, 0.15) is 11.1 Å². The summed E-state index contributed by atoms with van der Waals surface area (Å²) < 4.78 is 7.07. The number of benzene rings is 2. The third kappa shape index (κ3) is 3.04. The van der Waals surface area contributed by atoms with Crippen LogP contribution in [0.4, 0.5) is 5.13 Å². The number of carbonyl (C=O) groups excluding carboxylic acids is 1. The fourth-order valence-corrected chi connectivity index (χ4v) is 4.26. The zero-order chi connectivity index (χ0) is 18.4. The average Bonchev–Trinajstić information content (AvgIpc) is 2.97. The molecule has 2 aromatic carbocycles. The Hall–Kier alpha value is -2.51. The summed E-state index contributed by atoms with van der Waals surface area (Å²) in [5.74, 6) is -0.533. The van der Waals surface area contributed by atoms with E-state index in [4.69, 9.17) is 4.42 Å². The van der Waals surface area contributed by atoms with Crippen molar-refractivity contribution < 1.29 is 9.21 Å². The minimum atomic E-state index is -0.676. The molecule has 0 atom stereocenters. The summed E-state index contributed by atoms with van der Waals surface area (Å²) in [7, 11) is 0. The lowest BCUT2D eigenvalue weighted by atomic mass is 10.1. The van der Waals surface area contributed by atoms with Crippen molar-refractivity contribution in [2.45, 2.75) is 13.8 Å². The SMILES string of the molecule is Cc1cc(C)c2nc(NC(=O)c3cc4cc(Br)ccc4oc3=O)sc2c1. The molecule has 0 saturated heterocycles. The van der Waals surface area contributed by atoms with Crippen LogP contribution < -0.4 is 10.9 Å². The molecule has 130 valence electrons. The topological polar surface area (TPSA) is 72.2 Å². The lowest BCUT2D eigenvalue weighted by molar-refractivity contribution is 0.102. The molecule has 0 aliphatic carbocycles. The number of thiazole rings is 1. The Morgan fingerprint density at radius 3 is 2.81 bits per heavy atom. The predicted octanol–water partition coefficient (Wildman–Crippen LogP) is 5.03. The van der Waals surface area contributed by atoms with Crippen molar-refractivity contribution in [1.82, 2.24) is 4.98 Å². The summed E-state index contributed by atoms with van der Waals surface area (Å²) in [5.41, 5.74) is 2.74. The summed E-state index contributed by atoms with van der Waals surface area (Å²) in [6.45, 7) is 4.00. The van der Waals surface area contributed by atoms with E-state index in [1.807, 2.05) is 26.0 Å². The summed E-state index contributed by atoms with van der Waals surface area (Å²) >= 11 is 4.75. The second kappa shape index (κ2) is 6.34. The van der Waals surface area contributed by atoms with Crippen LogP contribution in [-0.4, -0.2) is 10.9 Å². The first-order valence-corrected chi connectivity index (χ1v) is 9.44. The molecule has 4 rings (SSSR count). The van der Waals surface area contributed by atoms with Crippen LogP contribution in [-0.2, 0) is 0 Å². The minimum Gasteiger partial charge on any atom is -0.422 e. The third-order valence-electron chi connectivity index (χ3n) is 3.99. The molecule has 5 nitrogen and oxygen atoms in total. The lowest BCUT2D eigenvalue weighted by Crippen LogP contribution is -2.20. The molecule has 7 heteroatoms. The van der Waals surface area contributed by atoms with Crippen LogP contribution >= 0.6 is 27.3 Å². The van der Waals surface area contributed by atoms with Gasteiger partial charge < -0.3 is 4.42 Å². The van der Waals surface area contributed by atoms with Gasteiger partial charge in [-0.1, -0.05) is 33.3 Å². The Labute approximate surface area is 160 Å². The smallest absolute Gasteiger partial charge is 0.349 e. The lowest BCUT2D eigenvalue weighted by Gasteiger charge is -2.02. The molecule has 0 bridgehead atoms. The first-order chi connectivity index (χ1) is 12.4. The number of anilines is 1. The first-order valence-electron chi connectivity index (χ1n) is 7.83. The molecular weight excluding hydrogens is 416 g/mol. The third-order valence-corrected chi connectivity index (χ3v) is 5.40. The van der Waals surface area contributed by atoms with Crippen molar-refractivity contribution in [1.29, 1.82) is 0 Å². The maximum atomic E-state index is 12.6. The molecular formula is C19H13BrN2O3S. The molecule has 1 amide bonds. The van der Waals surface area contributed by atoms with Crippen LogP contribution in [0.1, 0.15) is 21.5 Å². The Bertz CT molecular complexity index is 1240. The normalized spacial score (nSPS) is 11.2. The summed E-state index contributed by atoms with van der Waals surface area (Å²) in [5, 5.41) is 3.83. The van der Waals surface area contributed by atoms with E-state index in [9.17, 15) is 9.59 Å². The van der Waals surface area contributed by atoms with E-state index in [0.717, 1.165) is 25.8 Å². The number of aryl methyl sites for hydroxylation is 2. The number of hydrogen-bond acceptors (Lipinski definition) is 5. The predicted molar refractivity (Wildman–Crippen MR) is 107 cm³/mol. The van der Waals surface area contributed by atoms with Crippen molar-refractivity contribution in [3.63, 3.8) is 0 Å². The van der Waals surface area contributed by atoms with E-state index < -0.39 is 11.5 Å². The molecule has 1 N–H and O–H groups in total. The molecule has 2 aromatic heterocycles. The highest BCUT2D eigenvalue weighted by Gasteiger charge is 2.16. The number of fused-ring (bicyclic) bond motifs is 2. The monoisotopic (exact) mass is 428 g/mol. The second-order valence-electron chi connectivity index (χ2n) is 6.03. The molecule has 0 unspecified atom stereocenters. The Kier molecular flexibility index (Phi) is 4.13. The van der Waals surface area contributed by atoms with E-state index in [2.05, 4.69) is 26.2 Å². The molecule has 4 aromatic rings. The summed E-state index contributed by atoms with van der Waals surface area (Å²) in [4.78, 5) is 29.2. The van der Waals surface area contributed by atoms with Crippen molar-refractivity contribution in [3.8, 4) is 0 Å². The maximum absolute atomic E-state index is 12.6. The standard InChI is InChI=1S/C19H13BrN2O3S/c1-9-5-10(2)16-15(6-9)26-19(21-16)22-17(23)13-8-11-7-12(20)3-4-14(11)25-18(13)24/h3-8H,1-2H3,(H,21,22,23). The highest BCUT2D eigenvalue weighted by atomic mass is 79.9. The van der Waals surface area contributed by atoms with E-state index in [1.54, 1.807) is 18.2 Å². The quantitative estimate of drug-likeness (QED) is 0.454. The molecule has 0 saturated carbocycles. The highest BCUT2D eigenvalue weighted by Crippen LogP contribution is 2.29. The van der Waals surface area contributed by atoms with Crippen LogP contribution in [0.15, 0.2) is 50.1 Å². The Morgan fingerprint density at radius 2 is 2.00 bits per heavy atom. The van der Waals surface area contributed by atoms with Gasteiger partial charge in [-0.15, -0.1) is 0 Å². The number of aromatic nitrogens is 1. The average molecular weight is 429 g/mol. The van der Waals surface area contributed by atoms with Crippen molar-refractivity contribution in [2.75, 3.05) is 5.32 Å². The van der Waals surface area contributed by atoms with Crippen molar-refractivity contribution >= 4 is 59.5 Å². The van der Waals surface area contributed by atoms with E-state index >= 15 is 0 Å². The van der Waals surface area contributed by atoms with Gasteiger partial charge in [0.15, 0.2) is 5.13 Å². The molecule has 0 spiro atoms. The van der Waals surface area contributed by atoms with Crippen molar-refractivity contribution in [2.24, 2.45) is 0 Å². The summed E-state index contributed by atoms with van der Waals surface area (Å²) in [6, 6.07) is 10.8. The van der Waals surface area contributed by atoms with E-state index in [-0.39, 0.29) is 5.56 Å². The van der Waals surface area contributed by atoms with Gasteiger partial charge in [0.25, 0.3) is 5.91 Å². The zero-order valence-corrected chi connectivity index (χ0v) is 16.3. The van der Waals surface area contributed by atoms with Crippen molar-refractivity contribution in [3.05, 3.63) is 68.0 Å². The number of amides is 1. The highest BCUT2D eigenvalue weighted by molar-refractivity contribution is 9.10. The fraction of sp³-hybridized carbons (Fsp3) is 0.105. The number of hydrogen-bond donors (Lipinski definition) is 1. The molecule has 2 heterocycles. The van der Waals surface area contributed by atoms with Gasteiger partial charge in [-0.05, 0) is 55.3 Å².